The number of hydrogen-bond acceptors (Lipinski definition) is 2. The van der Waals surface area contributed by atoms with Crippen LogP contribution in [0.1, 0.15) is 39.0 Å². The van der Waals surface area contributed by atoms with Crippen LogP contribution in [-0.2, 0) is 0 Å². The smallest absolute Gasteiger partial charge is 0.0286 e. The van der Waals surface area contributed by atoms with E-state index in [0.717, 1.165) is 19.0 Å². The standard InChI is InChI=1S/C13H24N2/c1-12-6-5-7-13(14,10-12)11-15-8-3-2-4-9-15/h2-3,12H,4-11,14H2,1H3. The van der Waals surface area contributed by atoms with E-state index in [1.165, 1.54) is 38.6 Å². The van der Waals surface area contributed by atoms with Gasteiger partial charge in [-0.2, -0.15) is 0 Å². The van der Waals surface area contributed by atoms with Crippen LogP contribution in [0.25, 0.3) is 0 Å². The minimum absolute atomic E-state index is 0.100. The maximum absolute atomic E-state index is 6.51. The first kappa shape index (κ1) is 11.2. The lowest BCUT2D eigenvalue weighted by Crippen LogP contribution is -2.53. The predicted octanol–water partition coefficient (Wildman–Crippen LogP) is 2.16. The number of nitrogens with two attached hydrogens (primary N) is 1. The zero-order chi connectivity index (χ0) is 10.7. The highest BCUT2D eigenvalue weighted by atomic mass is 15.1. The minimum Gasteiger partial charge on any atom is -0.324 e. The summed E-state index contributed by atoms with van der Waals surface area (Å²) < 4.78 is 0. The molecule has 0 amide bonds. The maximum atomic E-state index is 6.51. The summed E-state index contributed by atoms with van der Waals surface area (Å²) in [6, 6.07) is 0. The highest BCUT2D eigenvalue weighted by Crippen LogP contribution is 2.31. The average molecular weight is 208 g/mol. The van der Waals surface area contributed by atoms with Crippen LogP contribution in [0.5, 0.6) is 0 Å². The summed E-state index contributed by atoms with van der Waals surface area (Å²) in [5.41, 5.74) is 6.61. The van der Waals surface area contributed by atoms with Crippen LogP contribution in [0.4, 0.5) is 0 Å². The van der Waals surface area contributed by atoms with E-state index >= 15 is 0 Å². The zero-order valence-corrected chi connectivity index (χ0v) is 9.91. The van der Waals surface area contributed by atoms with E-state index in [1.54, 1.807) is 0 Å². The lowest BCUT2D eigenvalue weighted by atomic mass is 9.76. The van der Waals surface area contributed by atoms with Gasteiger partial charge in [0.25, 0.3) is 0 Å². The summed E-state index contributed by atoms with van der Waals surface area (Å²) in [5, 5.41) is 0. The Hall–Kier alpha value is -0.340. The van der Waals surface area contributed by atoms with Crippen molar-refractivity contribution in [3.8, 4) is 0 Å². The molecule has 0 aromatic rings. The third-order valence-electron chi connectivity index (χ3n) is 3.81. The fourth-order valence-corrected chi connectivity index (χ4v) is 3.12. The second kappa shape index (κ2) is 4.67. The molecule has 1 saturated carbocycles. The van der Waals surface area contributed by atoms with Crippen molar-refractivity contribution in [1.29, 1.82) is 0 Å². The highest BCUT2D eigenvalue weighted by molar-refractivity contribution is 4.97. The second-order valence-electron chi connectivity index (χ2n) is 5.56. The fraction of sp³-hybridized carbons (Fsp3) is 0.846. The van der Waals surface area contributed by atoms with Gasteiger partial charge in [0.05, 0.1) is 0 Å². The Morgan fingerprint density at radius 1 is 1.47 bits per heavy atom. The van der Waals surface area contributed by atoms with E-state index in [1.807, 2.05) is 0 Å². The first-order valence-electron chi connectivity index (χ1n) is 6.34. The Kier molecular flexibility index (Phi) is 3.47. The third-order valence-corrected chi connectivity index (χ3v) is 3.81. The molecule has 2 unspecified atom stereocenters. The molecule has 2 heteroatoms. The Bertz CT molecular complexity index is 237. The average Bonchev–Trinajstić information content (AvgIpc) is 2.18. The molecule has 0 saturated heterocycles. The molecule has 2 atom stereocenters. The van der Waals surface area contributed by atoms with E-state index in [-0.39, 0.29) is 5.54 Å². The summed E-state index contributed by atoms with van der Waals surface area (Å²) in [6.07, 6.45) is 10.9. The molecule has 1 heterocycles. The predicted molar refractivity (Wildman–Crippen MR) is 64.7 cm³/mol. The largest absolute Gasteiger partial charge is 0.324 e. The Labute approximate surface area is 93.5 Å². The van der Waals surface area contributed by atoms with Gasteiger partial charge in [-0.15, -0.1) is 0 Å². The topological polar surface area (TPSA) is 29.3 Å². The second-order valence-corrected chi connectivity index (χ2v) is 5.56. The summed E-state index contributed by atoms with van der Waals surface area (Å²) in [6.45, 7) is 5.75. The Balaban J connectivity index is 1.88. The van der Waals surface area contributed by atoms with E-state index in [9.17, 15) is 0 Å². The van der Waals surface area contributed by atoms with Crippen LogP contribution < -0.4 is 5.73 Å². The van der Waals surface area contributed by atoms with Crippen molar-refractivity contribution >= 4 is 0 Å². The normalized spacial score (nSPS) is 38.1. The molecule has 86 valence electrons. The molecule has 0 spiro atoms. The molecule has 2 rings (SSSR count). The monoisotopic (exact) mass is 208 g/mol. The van der Waals surface area contributed by atoms with Crippen LogP contribution in [0, 0.1) is 5.92 Å². The van der Waals surface area contributed by atoms with Crippen molar-refractivity contribution in [1.82, 2.24) is 4.90 Å². The van der Waals surface area contributed by atoms with Gasteiger partial charge in [-0.1, -0.05) is 31.9 Å². The van der Waals surface area contributed by atoms with Crippen molar-refractivity contribution in [2.24, 2.45) is 11.7 Å². The van der Waals surface area contributed by atoms with Crippen LogP contribution in [-0.4, -0.2) is 30.1 Å². The SMILES string of the molecule is CC1CCCC(N)(CN2CC=CCC2)C1. The molecule has 0 bridgehead atoms. The molecule has 1 fully saturated rings. The minimum atomic E-state index is 0.100. The summed E-state index contributed by atoms with van der Waals surface area (Å²) in [4.78, 5) is 2.51. The van der Waals surface area contributed by atoms with Gasteiger partial charge in [0.15, 0.2) is 0 Å². The van der Waals surface area contributed by atoms with Crippen molar-refractivity contribution in [3.05, 3.63) is 12.2 Å². The van der Waals surface area contributed by atoms with Gasteiger partial charge >= 0.3 is 0 Å². The van der Waals surface area contributed by atoms with Crippen LogP contribution in [0.15, 0.2) is 12.2 Å². The van der Waals surface area contributed by atoms with Gasteiger partial charge in [0.1, 0.15) is 0 Å². The molecule has 1 aliphatic carbocycles. The van der Waals surface area contributed by atoms with Gasteiger partial charge < -0.3 is 5.73 Å². The van der Waals surface area contributed by atoms with E-state index in [2.05, 4.69) is 24.0 Å². The van der Waals surface area contributed by atoms with Gasteiger partial charge in [-0.25, -0.2) is 0 Å². The molecule has 2 N–H and O–H groups in total. The summed E-state index contributed by atoms with van der Waals surface area (Å²) in [7, 11) is 0. The van der Waals surface area contributed by atoms with E-state index in [0.29, 0.717) is 0 Å². The molecule has 0 aromatic carbocycles. The van der Waals surface area contributed by atoms with E-state index in [4.69, 9.17) is 5.73 Å². The number of rotatable bonds is 2. The molecular weight excluding hydrogens is 184 g/mol. The lowest BCUT2D eigenvalue weighted by Gasteiger charge is -2.40. The van der Waals surface area contributed by atoms with Crippen LogP contribution >= 0.6 is 0 Å². The van der Waals surface area contributed by atoms with Crippen molar-refractivity contribution in [3.63, 3.8) is 0 Å². The van der Waals surface area contributed by atoms with E-state index < -0.39 is 0 Å². The fourth-order valence-electron chi connectivity index (χ4n) is 3.12. The number of nitrogens with zero attached hydrogens (tertiary/aromatic N) is 1. The molecule has 0 aromatic heterocycles. The quantitative estimate of drug-likeness (QED) is 0.705. The van der Waals surface area contributed by atoms with Crippen LogP contribution in [0.3, 0.4) is 0 Å². The van der Waals surface area contributed by atoms with Gasteiger partial charge in [0.2, 0.25) is 0 Å². The maximum Gasteiger partial charge on any atom is 0.0286 e. The Morgan fingerprint density at radius 3 is 3.00 bits per heavy atom. The molecule has 15 heavy (non-hydrogen) atoms. The first-order valence-corrected chi connectivity index (χ1v) is 6.34. The van der Waals surface area contributed by atoms with Crippen molar-refractivity contribution < 1.29 is 0 Å². The van der Waals surface area contributed by atoms with Crippen molar-refractivity contribution in [2.45, 2.75) is 44.6 Å². The van der Waals surface area contributed by atoms with Gasteiger partial charge in [-0.3, -0.25) is 4.90 Å². The van der Waals surface area contributed by atoms with Gasteiger partial charge in [-0.05, 0) is 25.2 Å². The molecule has 2 aliphatic rings. The highest BCUT2D eigenvalue weighted by Gasteiger charge is 2.32. The molecule has 1 aliphatic heterocycles. The first-order chi connectivity index (χ1) is 7.18. The van der Waals surface area contributed by atoms with Crippen LogP contribution in [0.2, 0.25) is 0 Å². The molecule has 0 radical (unpaired) electrons. The molecular formula is C13H24N2. The summed E-state index contributed by atoms with van der Waals surface area (Å²) >= 11 is 0. The summed E-state index contributed by atoms with van der Waals surface area (Å²) in [5.74, 6) is 0.823. The zero-order valence-electron chi connectivity index (χ0n) is 9.91. The molecule has 2 nitrogen and oxygen atoms in total. The third kappa shape index (κ3) is 3.05. The lowest BCUT2D eigenvalue weighted by molar-refractivity contribution is 0.158. The van der Waals surface area contributed by atoms with Gasteiger partial charge in [0, 0.05) is 25.2 Å². The Morgan fingerprint density at radius 2 is 2.33 bits per heavy atom. The van der Waals surface area contributed by atoms with Crippen molar-refractivity contribution in [2.75, 3.05) is 19.6 Å². The number of hydrogen-bond donors (Lipinski definition) is 1.